The molecule has 7 heteroatoms. The summed E-state index contributed by atoms with van der Waals surface area (Å²) in [7, 11) is 0. The lowest BCUT2D eigenvalue weighted by molar-refractivity contribution is 0.0995. The number of carbonyl (C=O) groups excluding carboxylic acids is 1. The maximum absolute atomic E-state index is 13.3. The number of nitrogens with two attached hydrogens (primary N) is 1. The van der Waals surface area contributed by atoms with Gasteiger partial charge in [-0.05, 0) is 29.3 Å². The molecule has 0 aliphatic carbocycles. The molecule has 132 valence electrons. The van der Waals surface area contributed by atoms with E-state index in [4.69, 9.17) is 10.5 Å². The van der Waals surface area contributed by atoms with E-state index in [9.17, 15) is 18.0 Å². The van der Waals surface area contributed by atoms with Crippen LogP contribution < -0.4 is 10.5 Å². The van der Waals surface area contributed by atoms with Crippen LogP contribution in [0.1, 0.15) is 16.1 Å². The van der Waals surface area contributed by atoms with Gasteiger partial charge in [0, 0.05) is 30.0 Å². The van der Waals surface area contributed by atoms with Crippen LogP contribution in [-0.2, 0) is 6.61 Å². The van der Waals surface area contributed by atoms with Crippen LogP contribution in [0.5, 0.6) is 5.75 Å². The van der Waals surface area contributed by atoms with Gasteiger partial charge in [-0.3, -0.25) is 9.78 Å². The van der Waals surface area contributed by atoms with Gasteiger partial charge in [0.2, 0.25) is 0 Å². The molecule has 26 heavy (non-hydrogen) atoms. The first-order valence-electron chi connectivity index (χ1n) is 7.56. The number of ether oxygens (including phenoxy) is 1. The fourth-order valence-corrected chi connectivity index (χ4v) is 2.40. The second-order valence-electron chi connectivity index (χ2n) is 5.49. The fourth-order valence-electron chi connectivity index (χ4n) is 2.40. The van der Waals surface area contributed by atoms with Crippen molar-refractivity contribution in [3.05, 3.63) is 83.4 Å². The third kappa shape index (κ3) is 4.00. The van der Waals surface area contributed by atoms with Crippen LogP contribution in [-0.4, -0.2) is 10.9 Å². The van der Waals surface area contributed by atoms with Gasteiger partial charge in [0.25, 0.3) is 5.91 Å². The number of hydrogen-bond acceptors (Lipinski definition) is 3. The third-order valence-electron chi connectivity index (χ3n) is 3.62. The van der Waals surface area contributed by atoms with Gasteiger partial charge in [-0.15, -0.1) is 0 Å². The highest BCUT2D eigenvalue weighted by Gasteiger charge is 2.12. The Morgan fingerprint density at radius 2 is 1.62 bits per heavy atom. The molecular weight excluding hydrogens is 345 g/mol. The molecule has 0 spiro atoms. The molecule has 1 heterocycles. The zero-order valence-electron chi connectivity index (χ0n) is 13.4. The Labute approximate surface area is 147 Å². The number of rotatable bonds is 5. The molecule has 3 rings (SSSR count). The number of aromatic nitrogens is 1. The van der Waals surface area contributed by atoms with Crippen LogP contribution >= 0.6 is 0 Å². The topological polar surface area (TPSA) is 65.2 Å². The van der Waals surface area contributed by atoms with E-state index in [1.807, 2.05) is 0 Å². The molecule has 1 amide bonds. The predicted octanol–water partition coefficient (Wildman–Crippen LogP) is 3.84. The highest BCUT2D eigenvalue weighted by molar-refractivity contribution is 5.92. The van der Waals surface area contributed by atoms with Gasteiger partial charge in [0.05, 0.1) is 0 Å². The van der Waals surface area contributed by atoms with Crippen LogP contribution in [0, 0.1) is 17.5 Å². The fraction of sp³-hybridized carbons (Fsp3) is 0.0526. The molecule has 0 fully saturated rings. The number of nitrogens with zero attached hydrogens (tertiary/aromatic N) is 1. The summed E-state index contributed by atoms with van der Waals surface area (Å²) < 4.78 is 45.1. The first-order chi connectivity index (χ1) is 12.4. The van der Waals surface area contributed by atoms with Gasteiger partial charge >= 0.3 is 0 Å². The third-order valence-corrected chi connectivity index (χ3v) is 3.62. The average molecular weight is 358 g/mol. The predicted molar refractivity (Wildman–Crippen MR) is 88.8 cm³/mol. The number of primary amides is 1. The van der Waals surface area contributed by atoms with Gasteiger partial charge in [0.15, 0.2) is 0 Å². The van der Waals surface area contributed by atoms with E-state index in [-0.39, 0.29) is 18.1 Å². The largest absolute Gasteiger partial charge is 0.489 e. The first-order valence-corrected chi connectivity index (χ1v) is 7.56. The molecule has 0 aliphatic rings. The van der Waals surface area contributed by atoms with Crippen LogP contribution in [0.25, 0.3) is 11.1 Å². The minimum atomic E-state index is -0.763. The lowest BCUT2D eigenvalue weighted by atomic mass is 10.0. The summed E-state index contributed by atoms with van der Waals surface area (Å²) in [5, 5.41) is 0. The summed E-state index contributed by atoms with van der Waals surface area (Å²) in [6.45, 7) is -0.0678. The number of amides is 1. The smallest absolute Gasteiger partial charge is 0.267 e. The standard InChI is InChI=1S/C19H13F3N2O2/c20-13-3-1-11(2-4-13)17-8-18(19(23)25)24-9-12(17)10-26-16-6-14(21)5-15(22)7-16/h1-9H,10H2,(H2,23,25). The Hall–Kier alpha value is -3.35. The Morgan fingerprint density at radius 3 is 2.23 bits per heavy atom. The van der Waals surface area contributed by atoms with Crippen LogP contribution in [0.2, 0.25) is 0 Å². The Balaban J connectivity index is 1.95. The second kappa shape index (κ2) is 7.26. The van der Waals surface area contributed by atoms with Crippen molar-refractivity contribution >= 4 is 5.91 Å². The van der Waals surface area contributed by atoms with Crippen LogP contribution in [0.4, 0.5) is 13.2 Å². The molecule has 2 aromatic carbocycles. The van der Waals surface area contributed by atoms with Crippen molar-refractivity contribution in [1.82, 2.24) is 4.98 Å². The Bertz CT molecular complexity index is 939. The Kier molecular flexibility index (Phi) is 4.88. The van der Waals surface area contributed by atoms with Crippen molar-refractivity contribution in [3.8, 4) is 16.9 Å². The summed E-state index contributed by atoms with van der Waals surface area (Å²) in [5.74, 6) is -2.65. The first kappa shape index (κ1) is 17.5. The summed E-state index contributed by atoms with van der Waals surface area (Å²) in [5.41, 5.74) is 6.98. The Morgan fingerprint density at radius 1 is 0.962 bits per heavy atom. The van der Waals surface area contributed by atoms with E-state index in [1.165, 1.54) is 36.5 Å². The zero-order valence-corrected chi connectivity index (χ0v) is 13.4. The summed E-state index contributed by atoms with van der Waals surface area (Å²) in [4.78, 5) is 15.3. The lowest BCUT2D eigenvalue weighted by Crippen LogP contribution is -2.14. The van der Waals surface area contributed by atoms with E-state index in [2.05, 4.69) is 4.98 Å². The molecule has 4 nitrogen and oxygen atoms in total. The number of halogens is 3. The van der Waals surface area contributed by atoms with E-state index in [0.717, 1.165) is 18.2 Å². The highest BCUT2D eigenvalue weighted by Crippen LogP contribution is 2.26. The minimum Gasteiger partial charge on any atom is -0.489 e. The molecule has 3 aromatic rings. The van der Waals surface area contributed by atoms with E-state index < -0.39 is 23.4 Å². The number of benzene rings is 2. The average Bonchev–Trinajstić information content (AvgIpc) is 2.59. The van der Waals surface area contributed by atoms with Crippen LogP contribution in [0.15, 0.2) is 54.7 Å². The van der Waals surface area contributed by atoms with Crippen molar-refractivity contribution in [2.75, 3.05) is 0 Å². The highest BCUT2D eigenvalue weighted by atomic mass is 19.1. The van der Waals surface area contributed by atoms with Gasteiger partial charge < -0.3 is 10.5 Å². The molecule has 0 radical (unpaired) electrons. The van der Waals surface area contributed by atoms with Crippen molar-refractivity contribution < 1.29 is 22.7 Å². The molecule has 0 unspecified atom stereocenters. The van der Waals surface area contributed by atoms with E-state index >= 15 is 0 Å². The second-order valence-corrected chi connectivity index (χ2v) is 5.49. The monoisotopic (exact) mass is 358 g/mol. The summed E-state index contributed by atoms with van der Waals surface area (Å²) >= 11 is 0. The van der Waals surface area contributed by atoms with E-state index in [1.54, 1.807) is 0 Å². The van der Waals surface area contributed by atoms with Gasteiger partial charge in [-0.25, -0.2) is 13.2 Å². The molecule has 0 aliphatic heterocycles. The maximum Gasteiger partial charge on any atom is 0.267 e. The van der Waals surface area contributed by atoms with Crippen molar-refractivity contribution in [2.45, 2.75) is 6.61 Å². The molecule has 0 saturated carbocycles. The molecular formula is C19H13F3N2O2. The summed E-state index contributed by atoms with van der Waals surface area (Å²) in [6, 6.07) is 9.89. The maximum atomic E-state index is 13.3. The normalized spacial score (nSPS) is 10.6. The molecule has 2 N–H and O–H groups in total. The quantitative estimate of drug-likeness (QED) is 0.754. The summed E-state index contributed by atoms with van der Waals surface area (Å²) in [6.07, 6.45) is 1.38. The van der Waals surface area contributed by atoms with Gasteiger partial charge in [-0.1, -0.05) is 12.1 Å². The minimum absolute atomic E-state index is 0.00605. The van der Waals surface area contributed by atoms with Crippen molar-refractivity contribution in [1.29, 1.82) is 0 Å². The van der Waals surface area contributed by atoms with Gasteiger partial charge in [-0.2, -0.15) is 0 Å². The number of pyridine rings is 1. The number of carbonyl (C=O) groups is 1. The molecule has 1 aromatic heterocycles. The number of hydrogen-bond donors (Lipinski definition) is 1. The molecule has 0 saturated heterocycles. The SMILES string of the molecule is NC(=O)c1cc(-c2ccc(F)cc2)c(COc2cc(F)cc(F)c2)cn1. The van der Waals surface area contributed by atoms with E-state index in [0.29, 0.717) is 16.7 Å². The molecule has 0 atom stereocenters. The van der Waals surface area contributed by atoms with Crippen molar-refractivity contribution in [2.24, 2.45) is 5.73 Å². The molecule has 0 bridgehead atoms. The van der Waals surface area contributed by atoms with Crippen molar-refractivity contribution in [3.63, 3.8) is 0 Å². The zero-order chi connectivity index (χ0) is 18.7. The van der Waals surface area contributed by atoms with Gasteiger partial charge in [0.1, 0.15) is 35.5 Å². The van der Waals surface area contributed by atoms with Crippen LogP contribution in [0.3, 0.4) is 0 Å². The lowest BCUT2D eigenvalue weighted by Gasteiger charge is -2.12.